The minimum Gasteiger partial charge on any atom is -0.450 e. The normalized spacial score (nSPS) is 21.0. The van der Waals surface area contributed by atoms with Gasteiger partial charge in [-0.15, -0.1) is 0 Å². The highest BCUT2D eigenvalue weighted by molar-refractivity contribution is 6.01. The predicted octanol–water partition coefficient (Wildman–Crippen LogP) is 2.90. The molecule has 2 unspecified atom stereocenters. The fourth-order valence-corrected chi connectivity index (χ4v) is 4.53. The lowest BCUT2D eigenvalue weighted by Gasteiger charge is -2.43. The summed E-state index contributed by atoms with van der Waals surface area (Å²) < 4.78 is 5.08. The fraction of sp³-hybridized carbons (Fsp3) is 0.375. The predicted molar refractivity (Wildman–Crippen MR) is 116 cm³/mol. The fourth-order valence-electron chi connectivity index (χ4n) is 4.53. The van der Waals surface area contributed by atoms with Crippen molar-refractivity contribution in [2.45, 2.75) is 18.9 Å². The number of nitrogens with zero attached hydrogens (tertiary/aromatic N) is 3. The van der Waals surface area contributed by atoms with Crippen molar-refractivity contribution in [1.82, 2.24) is 14.7 Å². The Morgan fingerprint density at radius 3 is 2.23 bits per heavy atom. The summed E-state index contributed by atoms with van der Waals surface area (Å²) in [6.45, 7) is 3.86. The largest absolute Gasteiger partial charge is 0.450 e. The summed E-state index contributed by atoms with van der Waals surface area (Å²) in [6, 6.07) is 16.7. The molecule has 4 rings (SSSR count). The Hall–Kier alpha value is -3.35. The van der Waals surface area contributed by atoms with E-state index in [-0.39, 0.29) is 23.9 Å². The van der Waals surface area contributed by atoms with Crippen molar-refractivity contribution in [1.29, 1.82) is 0 Å². The topological polar surface area (TPSA) is 70.2 Å². The second kappa shape index (κ2) is 8.79. The van der Waals surface area contributed by atoms with Gasteiger partial charge in [0.15, 0.2) is 0 Å². The Morgan fingerprint density at radius 2 is 1.55 bits per heavy atom. The molecule has 31 heavy (non-hydrogen) atoms. The third-order valence-corrected chi connectivity index (χ3v) is 6.10. The smallest absolute Gasteiger partial charge is 0.409 e. The Labute approximate surface area is 182 Å². The maximum absolute atomic E-state index is 13.8. The molecule has 7 nitrogen and oxygen atoms in total. The molecule has 7 heteroatoms. The molecule has 0 N–H and O–H groups in total. The van der Waals surface area contributed by atoms with Gasteiger partial charge in [0.2, 0.25) is 5.91 Å². The molecule has 0 spiro atoms. The van der Waals surface area contributed by atoms with E-state index in [2.05, 4.69) is 0 Å². The number of ether oxygens (including phenoxy) is 1. The summed E-state index contributed by atoms with van der Waals surface area (Å²) in [7, 11) is 1.76. The van der Waals surface area contributed by atoms with Crippen LogP contribution in [-0.2, 0) is 9.53 Å². The third kappa shape index (κ3) is 3.87. The third-order valence-electron chi connectivity index (χ3n) is 6.10. The van der Waals surface area contributed by atoms with E-state index in [4.69, 9.17) is 4.74 Å². The zero-order chi connectivity index (χ0) is 22.0. The molecule has 0 aliphatic carbocycles. The molecule has 2 heterocycles. The summed E-state index contributed by atoms with van der Waals surface area (Å²) in [5.74, 6) is -0.611. The van der Waals surface area contributed by atoms with Crippen molar-refractivity contribution in [2.75, 3.05) is 39.8 Å². The van der Waals surface area contributed by atoms with Crippen LogP contribution in [0.4, 0.5) is 4.79 Å². The number of hydrogen-bond acceptors (Lipinski definition) is 4. The van der Waals surface area contributed by atoms with Gasteiger partial charge in [-0.3, -0.25) is 9.59 Å². The molecule has 2 atom stereocenters. The Bertz CT molecular complexity index is 970. The van der Waals surface area contributed by atoms with E-state index in [9.17, 15) is 14.4 Å². The number of piperazine rings is 1. The first-order chi connectivity index (χ1) is 15.0. The SMILES string of the molecule is CCOC(=O)N1CCN(C(=O)C2c3ccccc3C(=O)N(C)C2c2ccccc2)CC1. The van der Waals surface area contributed by atoms with Crippen LogP contribution in [0.5, 0.6) is 0 Å². The van der Waals surface area contributed by atoms with Gasteiger partial charge in [-0.2, -0.15) is 0 Å². The molecule has 0 aromatic heterocycles. The zero-order valence-corrected chi connectivity index (χ0v) is 17.9. The van der Waals surface area contributed by atoms with Gasteiger partial charge in [0, 0.05) is 38.8 Å². The second-order valence-electron chi connectivity index (χ2n) is 7.85. The van der Waals surface area contributed by atoms with Gasteiger partial charge in [-0.05, 0) is 24.1 Å². The highest BCUT2D eigenvalue weighted by Crippen LogP contribution is 2.42. The Morgan fingerprint density at radius 1 is 0.935 bits per heavy atom. The quantitative estimate of drug-likeness (QED) is 0.764. The van der Waals surface area contributed by atoms with Crippen LogP contribution in [0.2, 0.25) is 0 Å². The first-order valence-corrected chi connectivity index (χ1v) is 10.6. The maximum atomic E-state index is 13.8. The highest BCUT2D eigenvalue weighted by Gasteiger charge is 2.44. The van der Waals surface area contributed by atoms with Gasteiger partial charge >= 0.3 is 6.09 Å². The van der Waals surface area contributed by atoms with Crippen LogP contribution < -0.4 is 0 Å². The number of rotatable bonds is 3. The van der Waals surface area contributed by atoms with Crippen LogP contribution in [-0.4, -0.2) is 72.4 Å². The first-order valence-electron chi connectivity index (χ1n) is 10.6. The second-order valence-corrected chi connectivity index (χ2v) is 7.85. The molecule has 0 radical (unpaired) electrons. The molecular formula is C24H27N3O4. The average molecular weight is 421 g/mol. The monoisotopic (exact) mass is 421 g/mol. The lowest BCUT2D eigenvalue weighted by atomic mass is 9.79. The van der Waals surface area contributed by atoms with Crippen LogP contribution >= 0.6 is 0 Å². The molecule has 1 saturated heterocycles. The molecule has 1 fully saturated rings. The summed E-state index contributed by atoms with van der Waals surface area (Å²) in [4.78, 5) is 44.0. The number of carbonyl (C=O) groups is 3. The van der Waals surface area contributed by atoms with Crippen molar-refractivity contribution in [2.24, 2.45) is 0 Å². The highest BCUT2D eigenvalue weighted by atomic mass is 16.6. The number of hydrogen-bond donors (Lipinski definition) is 0. The van der Waals surface area contributed by atoms with Crippen molar-refractivity contribution in [3.63, 3.8) is 0 Å². The van der Waals surface area contributed by atoms with Crippen LogP contribution in [0.15, 0.2) is 54.6 Å². The number of fused-ring (bicyclic) bond motifs is 1. The lowest BCUT2D eigenvalue weighted by Crippen LogP contribution is -2.54. The average Bonchev–Trinajstić information content (AvgIpc) is 2.81. The van der Waals surface area contributed by atoms with Gasteiger partial charge in [-0.1, -0.05) is 48.5 Å². The summed E-state index contributed by atoms with van der Waals surface area (Å²) in [5, 5.41) is 0. The Kier molecular flexibility index (Phi) is 5.93. The molecule has 0 saturated carbocycles. The van der Waals surface area contributed by atoms with E-state index >= 15 is 0 Å². The van der Waals surface area contributed by atoms with Crippen molar-refractivity contribution in [3.05, 3.63) is 71.3 Å². The van der Waals surface area contributed by atoms with Gasteiger partial charge in [0.05, 0.1) is 18.6 Å². The van der Waals surface area contributed by atoms with Crippen LogP contribution in [0.3, 0.4) is 0 Å². The number of benzene rings is 2. The van der Waals surface area contributed by atoms with Crippen LogP contribution in [0.25, 0.3) is 0 Å². The van der Waals surface area contributed by atoms with Crippen molar-refractivity contribution < 1.29 is 19.1 Å². The molecule has 2 aliphatic rings. The van der Waals surface area contributed by atoms with E-state index in [1.807, 2.05) is 48.5 Å². The molecule has 2 aromatic carbocycles. The molecule has 162 valence electrons. The summed E-state index contributed by atoms with van der Waals surface area (Å²) in [5.41, 5.74) is 2.26. The lowest BCUT2D eigenvalue weighted by molar-refractivity contribution is -0.136. The van der Waals surface area contributed by atoms with Gasteiger partial charge in [0.25, 0.3) is 5.91 Å². The van der Waals surface area contributed by atoms with Crippen molar-refractivity contribution in [3.8, 4) is 0 Å². The van der Waals surface area contributed by atoms with Crippen LogP contribution in [0.1, 0.15) is 40.4 Å². The number of carbonyl (C=O) groups excluding carboxylic acids is 3. The molecule has 2 aromatic rings. The zero-order valence-electron chi connectivity index (χ0n) is 17.9. The molecule has 2 aliphatic heterocycles. The standard InChI is InChI=1S/C24H27N3O4/c1-3-31-24(30)27-15-13-26(14-16-27)23(29)20-18-11-7-8-12-19(18)22(28)25(2)21(20)17-9-5-4-6-10-17/h4-12,20-21H,3,13-16H2,1-2H3. The van der Waals surface area contributed by atoms with Crippen molar-refractivity contribution >= 4 is 17.9 Å². The van der Waals surface area contributed by atoms with Gasteiger partial charge in [-0.25, -0.2) is 4.79 Å². The summed E-state index contributed by atoms with van der Waals surface area (Å²) >= 11 is 0. The van der Waals surface area contributed by atoms with Crippen LogP contribution in [0, 0.1) is 0 Å². The van der Waals surface area contributed by atoms with Gasteiger partial charge in [0.1, 0.15) is 0 Å². The number of amides is 3. The summed E-state index contributed by atoms with van der Waals surface area (Å²) in [6.07, 6.45) is -0.342. The molecule has 0 bridgehead atoms. The first kappa shape index (κ1) is 20.9. The molecular weight excluding hydrogens is 394 g/mol. The maximum Gasteiger partial charge on any atom is 0.409 e. The minimum absolute atomic E-state index is 0.0239. The minimum atomic E-state index is -0.504. The van der Waals surface area contributed by atoms with Gasteiger partial charge < -0.3 is 19.4 Å². The number of likely N-dealkylation sites (N-methyl/N-ethyl adjacent to an activating group) is 1. The van der Waals surface area contributed by atoms with E-state index in [1.165, 1.54) is 0 Å². The Balaban J connectivity index is 1.65. The van der Waals surface area contributed by atoms with E-state index in [0.717, 1.165) is 11.1 Å². The van der Waals surface area contributed by atoms with E-state index in [1.54, 1.807) is 34.7 Å². The molecule has 3 amide bonds. The van der Waals surface area contributed by atoms with E-state index < -0.39 is 5.92 Å². The van der Waals surface area contributed by atoms with E-state index in [0.29, 0.717) is 38.3 Å².